The normalized spacial score (nSPS) is 10.1. The summed E-state index contributed by atoms with van der Waals surface area (Å²) in [7, 11) is 0. The third-order valence-corrected chi connectivity index (χ3v) is 2.60. The molecule has 0 spiro atoms. The number of carbonyl (C=O) groups excluding carboxylic acids is 2. The van der Waals surface area contributed by atoms with Gasteiger partial charge in [-0.15, -0.1) is 0 Å². The standard InChI is InChI=1S/C14H14N4O2/c1-2-12(19)17-11-8-10(13(15)20)16-14(18-11)9-6-4-3-5-7-9/h3-8H,2H2,1H3,(H2,15,20)(H,16,17,18,19). The zero-order valence-electron chi connectivity index (χ0n) is 11.0. The quantitative estimate of drug-likeness (QED) is 0.881. The highest BCUT2D eigenvalue weighted by molar-refractivity contribution is 5.94. The minimum atomic E-state index is -0.670. The Kier molecular flexibility index (Phi) is 4.05. The molecule has 0 fully saturated rings. The van der Waals surface area contributed by atoms with Crippen LogP contribution in [0.25, 0.3) is 11.4 Å². The molecule has 102 valence electrons. The molecule has 1 aromatic heterocycles. The van der Waals surface area contributed by atoms with Crippen molar-refractivity contribution in [1.82, 2.24) is 9.97 Å². The van der Waals surface area contributed by atoms with Crippen molar-refractivity contribution in [3.8, 4) is 11.4 Å². The molecule has 0 aliphatic heterocycles. The van der Waals surface area contributed by atoms with E-state index < -0.39 is 5.91 Å². The maximum Gasteiger partial charge on any atom is 0.267 e. The first-order valence-corrected chi connectivity index (χ1v) is 6.14. The van der Waals surface area contributed by atoms with Gasteiger partial charge in [0, 0.05) is 18.1 Å². The fourth-order valence-electron chi connectivity index (χ4n) is 1.59. The highest BCUT2D eigenvalue weighted by atomic mass is 16.2. The number of anilines is 1. The number of amides is 2. The average molecular weight is 270 g/mol. The van der Waals surface area contributed by atoms with E-state index in [-0.39, 0.29) is 17.4 Å². The lowest BCUT2D eigenvalue weighted by Crippen LogP contribution is -2.17. The molecular formula is C14H14N4O2. The molecule has 1 aromatic carbocycles. The highest BCUT2D eigenvalue weighted by Crippen LogP contribution is 2.17. The molecule has 0 aliphatic rings. The van der Waals surface area contributed by atoms with Crippen LogP contribution >= 0.6 is 0 Å². The number of rotatable bonds is 4. The number of nitrogens with two attached hydrogens (primary N) is 1. The minimum Gasteiger partial charge on any atom is -0.364 e. The summed E-state index contributed by atoms with van der Waals surface area (Å²) in [6, 6.07) is 10.5. The van der Waals surface area contributed by atoms with Crippen molar-refractivity contribution in [2.75, 3.05) is 5.32 Å². The molecular weight excluding hydrogens is 256 g/mol. The van der Waals surface area contributed by atoms with Gasteiger partial charge in [0.15, 0.2) is 5.82 Å². The molecule has 0 bridgehead atoms. The molecule has 2 aromatic rings. The molecule has 0 unspecified atom stereocenters. The van der Waals surface area contributed by atoms with Gasteiger partial charge in [0.2, 0.25) is 5.91 Å². The molecule has 0 aliphatic carbocycles. The Bertz CT molecular complexity index is 641. The second-order valence-corrected chi connectivity index (χ2v) is 4.09. The lowest BCUT2D eigenvalue weighted by atomic mass is 10.2. The Balaban J connectivity index is 2.46. The maximum absolute atomic E-state index is 11.4. The zero-order valence-corrected chi connectivity index (χ0v) is 11.0. The van der Waals surface area contributed by atoms with Crippen LogP contribution in [0.4, 0.5) is 5.82 Å². The van der Waals surface area contributed by atoms with Gasteiger partial charge in [-0.25, -0.2) is 9.97 Å². The van der Waals surface area contributed by atoms with E-state index in [9.17, 15) is 9.59 Å². The monoisotopic (exact) mass is 270 g/mol. The molecule has 0 atom stereocenters. The number of nitrogens with one attached hydrogen (secondary N) is 1. The zero-order chi connectivity index (χ0) is 14.5. The number of carbonyl (C=O) groups is 2. The van der Waals surface area contributed by atoms with Crippen LogP contribution in [0.15, 0.2) is 36.4 Å². The molecule has 20 heavy (non-hydrogen) atoms. The van der Waals surface area contributed by atoms with E-state index in [0.29, 0.717) is 12.2 Å². The first-order valence-electron chi connectivity index (χ1n) is 6.14. The summed E-state index contributed by atoms with van der Waals surface area (Å²) in [6.07, 6.45) is 0.316. The largest absolute Gasteiger partial charge is 0.364 e. The number of nitrogens with zero attached hydrogens (tertiary/aromatic N) is 2. The topological polar surface area (TPSA) is 98.0 Å². The van der Waals surface area contributed by atoms with Gasteiger partial charge in [-0.2, -0.15) is 0 Å². The Morgan fingerprint density at radius 3 is 2.50 bits per heavy atom. The number of aromatic nitrogens is 2. The Hall–Kier alpha value is -2.76. The molecule has 0 radical (unpaired) electrons. The van der Waals surface area contributed by atoms with Crippen LogP contribution in [0.3, 0.4) is 0 Å². The number of primary amides is 1. The smallest absolute Gasteiger partial charge is 0.267 e. The average Bonchev–Trinajstić information content (AvgIpc) is 2.47. The summed E-state index contributed by atoms with van der Waals surface area (Å²) in [5, 5.41) is 2.60. The molecule has 6 heteroatoms. The Morgan fingerprint density at radius 1 is 1.20 bits per heavy atom. The van der Waals surface area contributed by atoms with Gasteiger partial charge in [-0.3, -0.25) is 9.59 Å². The minimum absolute atomic E-state index is 0.0604. The van der Waals surface area contributed by atoms with Crippen LogP contribution in [0.5, 0.6) is 0 Å². The van der Waals surface area contributed by atoms with Gasteiger partial charge in [0.05, 0.1) is 0 Å². The molecule has 1 heterocycles. The summed E-state index contributed by atoms with van der Waals surface area (Å²) in [6.45, 7) is 1.73. The van der Waals surface area contributed by atoms with Gasteiger partial charge >= 0.3 is 0 Å². The number of hydrogen-bond donors (Lipinski definition) is 2. The predicted octanol–water partition coefficient (Wildman–Crippen LogP) is 1.59. The van der Waals surface area contributed by atoms with Crippen LogP contribution in [0, 0.1) is 0 Å². The van der Waals surface area contributed by atoms with Crippen molar-refractivity contribution >= 4 is 17.6 Å². The van der Waals surface area contributed by atoms with E-state index in [2.05, 4.69) is 15.3 Å². The first-order chi connectivity index (χ1) is 9.60. The van der Waals surface area contributed by atoms with E-state index >= 15 is 0 Å². The third-order valence-electron chi connectivity index (χ3n) is 2.60. The van der Waals surface area contributed by atoms with E-state index in [0.717, 1.165) is 5.56 Å². The van der Waals surface area contributed by atoms with E-state index in [1.165, 1.54) is 6.07 Å². The van der Waals surface area contributed by atoms with Crippen molar-refractivity contribution < 1.29 is 9.59 Å². The van der Waals surface area contributed by atoms with Crippen molar-refractivity contribution in [2.45, 2.75) is 13.3 Å². The van der Waals surface area contributed by atoms with E-state index in [1.807, 2.05) is 30.3 Å². The van der Waals surface area contributed by atoms with Crippen molar-refractivity contribution in [2.24, 2.45) is 5.73 Å². The van der Waals surface area contributed by atoms with Crippen LogP contribution in [-0.2, 0) is 4.79 Å². The molecule has 6 nitrogen and oxygen atoms in total. The summed E-state index contributed by atoms with van der Waals surface area (Å²) in [4.78, 5) is 31.1. The molecule has 2 amide bonds. The first kappa shape index (κ1) is 13.7. The SMILES string of the molecule is CCC(=O)Nc1cc(C(N)=O)nc(-c2ccccc2)n1. The Labute approximate surface area is 116 Å². The predicted molar refractivity (Wildman–Crippen MR) is 74.9 cm³/mol. The summed E-state index contributed by atoms with van der Waals surface area (Å²) >= 11 is 0. The van der Waals surface area contributed by atoms with Gasteiger partial charge in [0.25, 0.3) is 5.91 Å². The Morgan fingerprint density at radius 2 is 1.90 bits per heavy atom. The summed E-state index contributed by atoms with van der Waals surface area (Å²) in [5.74, 6) is -0.262. The van der Waals surface area contributed by atoms with E-state index in [4.69, 9.17) is 5.73 Å². The van der Waals surface area contributed by atoms with Crippen LogP contribution in [-0.4, -0.2) is 21.8 Å². The summed E-state index contributed by atoms with van der Waals surface area (Å²) in [5.41, 5.74) is 6.05. The second-order valence-electron chi connectivity index (χ2n) is 4.09. The fraction of sp³-hybridized carbons (Fsp3) is 0.143. The van der Waals surface area contributed by atoms with Gasteiger partial charge in [-0.05, 0) is 0 Å². The van der Waals surface area contributed by atoms with Crippen molar-refractivity contribution in [3.05, 3.63) is 42.1 Å². The van der Waals surface area contributed by atoms with Gasteiger partial charge in [0.1, 0.15) is 11.5 Å². The third kappa shape index (κ3) is 3.17. The second kappa shape index (κ2) is 5.92. The molecule has 3 N–H and O–H groups in total. The fourth-order valence-corrected chi connectivity index (χ4v) is 1.59. The van der Waals surface area contributed by atoms with Crippen molar-refractivity contribution in [1.29, 1.82) is 0 Å². The van der Waals surface area contributed by atoms with Gasteiger partial charge < -0.3 is 11.1 Å². The van der Waals surface area contributed by atoms with Crippen LogP contribution in [0.2, 0.25) is 0 Å². The lowest BCUT2D eigenvalue weighted by molar-refractivity contribution is -0.115. The molecule has 0 saturated carbocycles. The van der Waals surface area contributed by atoms with Crippen LogP contribution < -0.4 is 11.1 Å². The van der Waals surface area contributed by atoms with Crippen molar-refractivity contribution in [3.63, 3.8) is 0 Å². The molecule has 2 rings (SSSR count). The van der Waals surface area contributed by atoms with E-state index in [1.54, 1.807) is 6.92 Å². The summed E-state index contributed by atoms with van der Waals surface area (Å²) < 4.78 is 0. The highest BCUT2D eigenvalue weighted by Gasteiger charge is 2.11. The van der Waals surface area contributed by atoms with Crippen LogP contribution in [0.1, 0.15) is 23.8 Å². The number of benzene rings is 1. The lowest BCUT2D eigenvalue weighted by Gasteiger charge is -2.07. The number of hydrogen-bond acceptors (Lipinski definition) is 4. The molecule has 0 saturated heterocycles. The maximum atomic E-state index is 11.4. The van der Waals surface area contributed by atoms with Gasteiger partial charge in [-0.1, -0.05) is 37.3 Å².